The van der Waals surface area contributed by atoms with Crippen LogP contribution in [0.25, 0.3) is 0 Å². The summed E-state index contributed by atoms with van der Waals surface area (Å²) in [6.07, 6.45) is 2.09. The molecule has 0 spiro atoms. The summed E-state index contributed by atoms with van der Waals surface area (Å²) in [5.41, 5.74) is 2.36. The van der Waals surface area contributed by atoms with Gasteiger partial charge in [-0.3, -0.25) is 4.79 Å². The van der Waals surface area contributed by atoms with E-state index in [1.807, 2.05) is 36.1 Å². The number of amides is 1. The number of hydrogen-bond donors (Lipinski definition) is 0. The Kier molecular flexibility index (Phi) is 3.15. The van der Waals surface area contributed by atoms with E-state index in [1.54, 1.807) is 11.3 Å². The summed E-state index contributed by atoms with van der Waals surface area (Å²) < 4.78 is 0. The van der Waals surface area contributed by atoms with Crippen molar-refractivity contribution in [2.45, 2.75) is 32.7 Å². The van der Waals surface area contributed by atoms with Gasteiger partial charge in [0.05, 0.1) is 4.88 Å². The van der Waals surface area contributed by atoms with Gasteiger partial charge in [-0.05, 0) is 50.5 Å². The molecule has 98 valence electrons. The number of thiophene rings is 1. The van der Waals surface area contributed by atoms with Gasteiger partial charge in [0.2, 0.25) is 0 Å². The summed E-state index contributed by atoms with van der Waals surface area (Å²) in [6.45, 7) is 4.17. The predicted octanol–water partition coefficient (Wildman–Crippen LogP) is 4.04. The van der Waals surface area contributed by atoms with Crippen molar-refractivity contribution < 1.29 is 4.79 Å². The average molecular weight is 271 g/mol. The number of benzene rings is 1. The molecule has 1 aliphatic rings. The number of nitrogens with zero attached hydrogens (tertiary/aromatic N) is 1. The first-order valence-corrected chi connectivity index (χ1v) is 7.46. The van der Waals surface area contributed by atoms with E-state index in [-0.39, 0.29) is 11.9 Å². The molecule has 0 saturated carbocycles. The van der Waals surface area contributed by atoms with Crippen molar-refractivity contribution in [1.29, 1.82) is 0 Å². The van der Waals surface area contributed by atoms with Crippen LogP contribution in [0.4, 0.5) is 5.69 Å². The van der Waals surface area contributed by atoms with Crippen LogP contribution in [-0.4, -0.2) is 11.9 Å². The Labute approximate surface area is 117 Å². The predicted molar refractivity (Wildman–Crippen MR) is 80.1 cm³/mol. The van der Waals surface area contributed by atoms with Gasteiger partial charge in [-0.25, -0.2) is 0 Å². The van der Waals surface area contributed by atoms with E-state index in [0.717, 1.165) is 23.4 Å². The smallest absolute Gasteiger partial charge is 0.268 e. The first-order valence-electron chi connectivity index (χ1n) is 6.64. The summed E-state index contributed by atoms with van der Waals surface area (Å²) in [5, 5.41) is 0. The number of aryl methyl sites for hydroxylation is 2. The molecular formula is C16H17NOS. The minimum absolute atomic E-state index is 0.137. The van der Waals surface area contributed by atoms with Crippen LogP contribution in [0.15, 0.2) is 36.4 Å². The lowest BCUT2D eigenvalue weighted by Gasteiger charge is -2.35. The SMILES string of the molecule is Cc1ccc(C(=O)N2c3ccccc3CCC2C)s1. The number of fused-ring (bicyclic) bond motifs is 1. The van der Waals surface area contributed by atoms with Gasteiger partial charge in [-0.15, -0.1) is 11.3 Å². The second kappa shape index (κ2) is 4.82. The molecule has 0 saturated heterocycles. The minimum Gasteiger partial charge on any atom is -0.305 e. The number of para-hydroxylation sites is 1. The molecular weight excluding hydrogens is 254 g/mol. The number of carbonyl (C=O) groups excluding carboxylic acids is 1. The fourth-order valence-corrected chi connectivity index (χ4v) is 3.47. The van der Waals surface area contributed by atoms with Gasteiger partial charge in [0.15, 0.2) is 0 Å². The fraction of sp³-hybridized carbons (Fsp3) is 0.312. The molecule has 0 fully saturated rings. The minimum atomic E-state index is 0.137. The van der Waals surface area contributed by atoms with E-state index in [4.69, 9.17) is 0 Å². The van der Waals surface area contributed by atoms with Crippen LogP contribution in [-0.2, 0) is 6.42 Å². The Hall–Kier alpha value is -1.61. The van der Waals surface area contributed by atoms with Crippen molar-refractivity contribution in [3.8, 4) is 0 Å². The summed E-state index contributed by atoms with van der Waals surface area (Å²) in [7, 11) is 0. The maximum absolute atomic E-state index is 12.7. The van der Waals surface area contributed by atoms with E-state index in [0.29, 0.717) is 0 Å². The first-order chi connectivity index (χ1) is 9.16. The van der Waals surface area contributed by atoms with Crippen LogP contribution in [0.2, 0.25) is 0 Å². The van der Waals surface area contributed by atoms with Crippen LogP contribution in [0, 0.1) is 6.92 Å². The second-order valence-electron chi connectivity index (χ2n) is 5.10. The molecule has 1 atom stereocenters. The standard InChI is InChI=1S/C16H17NOS/c1-11-7-9-13-5-3-4-6-14(13)17(11)16(18)15-10-8-12(2)19-15/h3-6,8,10-11H,7,9H2,1-2H3. The number of hydrogen-bond acceptors (Lipinski definition) is 2. The average Bonchev–Trinajstić information content (AvgIpc) is 2.85. The topological polar surface area (TPSA) is 20.3 Å². The van der Waals surface area contributed by atoms with Gasteiger partial charge in [0, 0.05) is 16.6 Å². The molecule has 1 aromatic carbocycles. The van der Waals surface area contributed by atoms with E-state index in [2.05, 4.69) is 19.1 Å². The van der Waals surface area contributed by atoms with E-state index in [9.17, 15) is 4.79 Å². The monoisotopic (exact) mass is 271 g/mol. The number of anilines is 1. The largest absolute Gasteiger partial charge is 0.305 e. The zero-order valence-corrected chi connectivity index (χ0v) is 12.0. The third-order valence-corrected chi connectivity index (χ3v) is 4.68. The van der Waals surface area contributed by atoms with Crippen LogP contribution >= 0.6 is 11.3 Å². The molecule has 1 aliphatic heterocycles. The van der Waals surface area contributed by atoms with Gasteiger partial charge in [-0.2, -0.15) is 0 Å². The fourth-order valence-electron chi connectivity index (χ4n) is 2.67. The summed E-state index contributed by atoms with van der Waals surface area (Å²) in [5.74, 6) is 0.137. The number of carbonyl (C=O) groups is 1. The highest BCUT2D eigenvalue weighted by atomic mass is 32.1. The Morgan fingerprint density at radius 1 is 1.26 bits per heavy atom. The van der Waals surface area contributed by atoms with Crippen molar-refractivity contribution in [2.24, 2.45) is 0 Å². The molecule has 0 aliphatic carbocycles. The maximum atomic E-state index is 12.7. The lowest BCUT2D eigenvalue weighted by atomic mass is 9.96. The highest BCUT2D eigenvalue weighted by molar-refractivity contribution is 7.14. The molecule has 3 rings (SSSR count). The molecule has 1 aromatic heterocycles. The van der Waals surface area contributed by atoms with E-state index >= 15 is 0 Å². The lowest BCUT2D eigenvalue weighted by Crippen LogP contribution is -2.41. The van der Waals surface area contributed by atoms with Crippen molar-refractivity contribution in [1.82, 2.24) is 0 Å². The summed E-state index contributed by atoms with van der Waals surface area (Å²) in [6, 6.07) is 12.5. The van der Waals surface area contributed by atoms with E-state index in [1.165, 1.54) is 10.4 Å². The molecule has 1 unspecified atom stereocenters. The number of rotatable bonds is 1. The van der Waals surface area contributed by atoms with Crippen LogP contribution in [0.5, 0.6) is 0 Å². The molecule has 19 heavy (non-hydrogen) atoms. The Morgan fingerprint density at radius 3 is 2.79 bits per heavy atom. The van der Waals surface area contributed by atoms with Gasteiger partial charge < -0.3 is 4.90 Å². The van der Waals surface area contributed by atoms with E-state index < -0.39 is 0 Å². The van der Waals surface area contributed by atoms with Crippen molar-refractivity contribution in [3.63, 3.8) is 0 Å². The third kappa shape index (κ3) is 2.19. The maximum Gasteiger partial charge on any atom is 0.268 e. The molecule has 0 bridgehead atoms. The quantitative estimate of drug-likeness (QED) is 0.766. The van der Waals surface area contributed by atoms with Crippen molar-refractivity contribution in [2.75, 3.05) is 4.90 Å². The molecule has 1 amide bonds. The Bertz CT molecular complexity index is 617. The summed E-state index contributed by atoms with van der Waals surface area (Å²) >= 11 is 1.57. The van der Waals surface area contributed by atoms with Crippen LogP contribution in [0.1, 0.15) is 33.5 Å². The van der Waals surface area contributed by atoms with Gasteiger partial charge >= 0.3 is 0 Å². The Morgan fingerprint density at radius 2 is 2.05 bits per heavy atom. The van der Waals surface area contributed by atoms with Crippen LogP contribution in [0.3, 0.4) is 0 Å². The molecule has 0 N–H and O–H groups in total. The highest BCUT2D eigenvalue weighted by Crippen LogP contribution is 2.32. The molecule has 2 heterocycles. The second-order valence-corrected chi connectivity index (χ2v) is 6.39. The van der Waals surface area contributed by atoms with Gasteiger partial charge in [0.25, 0.3) is 5.91 Å². The molecule has 2 aromatic rings. The zero-order chi connectivity index (χ0) is 13.4. The summed E-state index contributed by atoms with van der Waals surface area (Å²) in [4.78, 5) is 16.7. The molecule has 3 heteroatoms. The van der Waals surface area contributed by atoms with Crippen molar-refractivity contribution in [3.05, 3.63) is 51.7 Å². The zero-order valence-electron chi connectivity index (χ0n) is 11.2. The van der Waals surface area contributed by atoms with Gasteiger partial charge in [0.1, 0.15) is 0 Å². The third-order valence-electron chi connectivity index (χ3n) is 3.69. The van der Waals surface area contributed by atoms with Crippen molar-refractivity contribution >= 4 is 22.9 Å². The van der Waals surface area contributed by atoms with Gasteiger partial charge in [-0.1, -0.05) is 18.2 Å². The highest BCUT2D eigenvalue weighted by Gasteiger charge is 2.29. The normalized spacial score (nSPS) is 18.2. The Balaban J connectivity index is 2.02. The lowest BCUT2D eigenvalue weighted by molar-refractivity contribution is 0.0979. The molecule has 0 radical (unpaired) electrons. The van der Waals surface area contributed by atoms with Crippen LogP contribution < -0.4 is 4.90 Å². The first kappa shape index (κ1) is 12.4. The molecule has 2 nitrogen and oxygen atoms in total.